The van der Waals surface area contributed by atoms with E-state index < -0.39 is 10.0 Å². The zero-order chi connectivity index (χ0) is 23.1. The van der Waals surface area contributed by atoms with Crippen LogP contribution < -0.4 is 24.2 Å². The predicted octanol–water partition coefficient (Wildman–Crippen LogP) is 2.55. The molecule has 178 valence electrons. The lowest BCUT2D eigenvalue weighted by molar-refractivity contribution is -0.121. The predicted molar refractivity (Wildman–Crippen MR) is 121 cm³/mol. The van der Waals surface area contributed by atoms with Gasteiger partial charge in [0, 0.05) is 44.3 Å². The van der Waals surface area contributed by atoms with Gasteiger partial charge < -0.3 is 19.5 Å². The van der Waals surface area contributed by atoms with E-state index in [1.165, 1.54) is 25.0 Å². The standard InChI is InChI=1S/C23H29N3O6S/c27-22(25-16-17-8-10-24-23(14-17)32-18-4-1-2-5-18)9-11-26-33(28,29)19-6-7-20-21(15-19)31-13-3-12-30-20/h6-8,10,14-15,18,26H,1-5,9,11-13,16H2,(H,25,27). The maximum absolute atomic E-state index is 12.6. The number of nitrogens with one attached hydrogen (secondary N) is 2. The number of benzene rings is 1. The Labute approximate surface area is 193 Å². The van der Waals surface area contributed by atoms with Gasteiger partial charge in [0.2, 0.25) is 21.8 Å². The zero-order valence-corrected chi connectivity index (χ0v) is 19.2. The molecule has 1 fully saturated rings. The van der Waals surface area contributed by atoms with E-state index in [1.54, 1.807) is 12.3 Å². The van der Waals surface area contributed by atoms with Gasteiger partial charge >= 0.3 is 0 Å². The van der Waals surface area contributed by atoms with Crippen LogP contribution in [0.15, 0.2) is 41.4 Å². The molecule has 0 spiro atoms. The van der Waals surface area contributed by atoms with Crippen molar-refractivity contribution in [3.05, 3.63) is 42.1 Å². The summed E-state index contributed by atoms with van der Waals surface area (Å²) in [5, 5.41) is 2.80. The van der Waals surface area contributed by atoms with Gasteiger partial charge in [-0.1, -0.05) is 0 Å². The second-order valence-corrected chi connectivity index (χ2v) is 9.88. The number of rotatable bonds is 9. The van der Waals surface area contributed by atoms with Crippen molar-refractivity contribution in [2.45, 2.75) is 56.1 Å². The summed E-state index contributed by atoms with van der Waals surface area (Å²) in [5.41, 5.74) is 0.874. The van der Waals surface area contributed by atoms with E-state index in [0.717, 1.165) is 24.8 Å². The molecule has 1 amide bonds. The van der Waals surface area contributed by atoms with Gasteiger partial charge in [0.15, 0.2) is 11.5 Å². The summed E-state index contributed by atoms with van der Waals surface area (Å²) in [5.74, 6) is 1.24. The van der Waals surface area contributed by atoms with Gasteiger partial charge in [0.25, 0.3) is 0 Å². The lowest BCUT2D eigenvalue weighted by atomic mass is 10.2. The highest BCUT2D eigenvalue weighted by Gasteiger charge is 2.19. The summed E-state index contributed by atoms with van der Waals surface area (Å²) < 4.78 is 44.6. The molecule has 1 saturated carbocycles. The molecule has 10 heteroatoms. The quantitative estimate of drug-likeness (QED) is 0.573. The van der Waals surface area contributed by atoms with Crippen LogP contribution in [-0.4, -0.2) is 45.2 Å². The topological polar surface area (TPSA) is 116 Å². The number of amides is 1. The van der Waals surface area contributed by atoms with E-state index in [0.29, 0.717) is 37.1 Å². The monoisotopic (exact) mass is 475 g/mol. The smallest absolute Gasteiger partial charge is 0.240 e. The third kappa shape index (κ3) is 6.58. The van der Waals surface area contributed by atoms with Gasteiger partial charge in [0.1, 0.15) is 6.10 Å². The van der Waals surface area contributed by atoms with Crippen LogP contribution in [0.5, 0.6) is 17.4 Å². The molecule has 0 atom stereocenters. The molecule has 0 bridgehead atoms. The van der Waals surface area contributed by atoms with E-state index in [-0.39, 0.29) is 29.9 Å². The minimum atomic E-state index is -3.78. The Bertz CT molecular complexity index is 1070. The zero-order valence-electron chi connectivity index (χ0n) is 18.4. The number of hydrogen-bond acceptors (Lipinski definition) is 7. The van der Waals surface area contributed by atoms with Crippen molar-refractivity contribution in [3.8, 4) is 17.4 Å². The van der Waals surface area contributed by atoms with Gasteiger partial charge in [-0.05, 0) is 49.4 Å². The summed E-state index contributed by atoms with van der Waals surface area (Å²) in [7, 11) is -3.78. The van der Waals surface area contributed by atoms with E-state index in [9.17, 15) is 13.2 Å². The molecule has 2 N–H and O–H groups in total. The molecular formula is C23H29N3O6S. The molecule has 9 nitrogen and oxygen atoms in total. The molecule has 2 heterocycles. The van der Waals surface area contributed by atoms with E-state index in [2.05, 4.69) is 15.0 Å². The number of carbonyl (C=O) groups is 1. The van der Waals surface area contributed by atoms with Gasteiger partial charge in [-0.2, -0.15) is 0 Å². The van der Waals surface area contributed by atoms with Crippen LogP contribution in [-0.2, 0) is 21.4 Å². The highest BCUT2D eigenvalue weighted by atomic mass is 32.2. The number of aromatic nitrogens is 1. The number of ether oxygens (including phenoxy) is 3. The van der Waals surface area contributed by atoms with Crippen LogP contribution in [0.2, 0.25) is 0 Å². The SMILES string of the molecule is O=C(CCNS(=O)(=O)c1ccc2c(c1)OCCCO2)NCc1ccnc(OC2CCCC2)c1. The Balaban J connectivity index is 1.23. The number of sulfonamides is 1. The molecule has 33 heavy (non-hydrogen) atoms. The van der Waals surface area contributed by atoms with Crippen molar-refractivity contribution in [3.63, 3.8) is 0 Å². The normalized spacial score (nSPS) is 16.2. The summed E-state index contributed by atoms with van der Waals surface area (Å²) in [6, 6.07) is 8.13. The Kier molecular flexibility index (Phi) is 7.66. The number of hydrogen-bond donors (Lipinski definition) is 2. The van der Waals surface area contributed by atoms with Crippen molar-refractivity contribution in [2.24, 2.45) is 0 Å². The minimum Gasteiger partial charge on any atom is -0.490 e. The lowest BCUT2D eigenvalue weighted by Crippen LogP contribution is -2.30. The molecule has 2 aliphatic rings. The van der Waals surface area contributed by atoms with Crippen molar-refractivity contribution >= 4 is 15.9 Å². The molecule has 1 aromatic carbocycles. The second-order valence-electron chi connectivity index (χ2n) is 8.11. The van der Waals surface area contributed by atoms with Crippen molar-refractivity contribution < 1.29 is 27.4 Å². The Morgan fingerprint density at radius 2 is 1.85 bits per heavy atom. The van der Waals surface area contributed by atoms with Gasteiger partial charge in [-0.3, -0.25) is 4.79 Å². The van der Waals surface area contributed by atoms with Gasteiger partial charge in [-0.15, -0.1) is 0 Å². The van der Waals surface area contributed by atoms with Gasteiger partial charge in [0.05, 0.1) is 18.1 Å². The molecular weight excluding hydrogens is 446 g/mol. The number of pyridine rings is 1. The fourth-order valence-corrected chi connectivity index (χ4v) is 4.83. The minimum absolute atomic E-state index is 0.0142. The number of fused-ring (bicyclic) bond motifs is 1. The van der Waals surface area contributed by atoms with Crippen LogP contribution >= 0.6 is 0 Å². The average Bonchev–Trinajstić information content (AvgIpc) is 3.19. The third-order valence-corrected chi connectivity index (χ3v) is 7.01. The molecule has 0 radical (unpaired) electrons. The molecule has 1 aliphatic heterocycles. The van der Waals surface area contributed by atoms with Crippen molar-refractivity contribution in [2.75, 3.05) is 19.8 Å². The first-order valence-electron chi connectivity index (χ1n) is 11.3. The molecule has 4 rings (SSSR count). The molecule has 1 aliphatic carbocycles. The van der Waals surface area contributed by atoms with Crippen molar-refractivity contribution in [1.29, 1.82) is 0 Å². The summed E-state index contributed by atoms with van der Waals surface area (Å²) >= 11 is 0. The number of nitrogens with zero attached hydrogens (tertiary/aromatic N) is 1. The number of carbonyl (C=O) groups excluding carboxylic acids is 1. The molecule has 0 saturated heterocycles. The van der Waals surface area contributed by atoms with E-state index in [1.807, 2.05) is 12.1 Å². The summed E-state index contributed by atoms with van der Waals surface area (Å²) in [4.78, 5) is 16.5. The molecule has 1 aromatic heterocycles. The van der Waals surface area contributed by atoms with Gasteiger partial charge in [-0.25, -0.2) is 18.1 Å². The lowest BCUT2D eigenvalue weighted by Gasteiger charge is -2.13. The Morgan fingerprint density at radius 1 is 1.06 bits per heavy atom. The van der Waals surface area contributed by atoms with Crippen molar-refractivity contribution in [1.82, 2.24) is 15.0 Å². The third-order valence-electron chi connectivity index (χ3n) is 5.55. The Hall–Kier alpha value is -2.85. The fourth-order valence-electron chi connectivity index (χ4n) is 3.78. The Morgan fingerprint density at radius 3 is 2.67 bits per heavy atom. The summed E-state index contributed by atoms with van der Waals surface area (Å²) in [6.45, 7) is 1.29. The van der Waals surface area contributed by atoms with Crippen LogP contribution in [0, 0.1) is 0 Å². The fraction of sp³-hybridized carbons (Fsp3) is 0.478. The van der Waals surface area contributed by atoms with Crippen LogP contribution in [0.3, 0.4) is 0 Å². The highest BCUT2D eigenvalue weighted by molar-refractivity contribution is 7.89. The maximum atomic E-state index is 12.6. The van der Waals surface area contributed by atoms with Crippen LogP contribution in [0.25, 0.3) is 0 Å². The molecule has 2 aromatic rings. The first-order chi connectivity index (χ1) is 16.0. The molecule has 0 unspecified atom stereocenters. The van der Waals surface area contributed by atoms with Crippen LogP contribution in [0.1, 0.15) is 44.1 Å². The largest absolute Gasteiger partial charge is 0.490 e. The first kappa shape index (κ1) is 23.3. The van der Waals surface area contributed by atoms with Crippen LogP contribution in [0.4, 0.5) is 0 Å². The summed E-state index contributed by atoms with van der Waals surface area (Å²) in [6.07, 6.45) is 7.08. The second kappa shape index (κ2) is 10.8. The highest BCUT2D eigenvalue weighted by Crippen LogP contribution is 2.31. The van der Waals surface area contributed by atoms with E-state index in [4.69, 9.17) is 14.2 Å². The first-order valence-corrected chi connectivity index (χ1v) is 12.8. The maximum Gasteiger partial charge on any atom is 0.240 e. The van der Waals surface area contributed by atoms with E-state index >= 15 is 0 Å². The average molecular weight is 476 g/mol.